The van der Waals surface area contributed by atoms with E-state index in [0.717, 1.165) is 0 Å². The predicted molar refractivity (Wildman–Crippen MR) is 87.0 cm³/mol. The molecule has 0 spiro atoms. The van der Waals surface area contributed by atoms with Crippen molar-refractivity contribution >= 4 is 10.0 Å². The second-order valence-corrected chi connectivity index (χ2v) is 8.95. The summed E-state index contributed by atoms with van der Waals surface area (Å²) in [6.45, 7) is 6.72. The maximum Gasteiger partial charge on any atom is 0.216 e. The lowest BCUT2D eigenvalue weighted by atomic mass is 9.93. The van der Waals surface area contributed by atoms with Crippen molar-refractivity contribution in [1.82, 2.24) is 9.21 Å². The third-order valence-corrected chi connectivity index (χ3v) is 6.59. The van der Waals surface area contributed by atoms with Crippen LogP contribution in [0.5, 0.6) is 0 Å². The summed E-state index contributed by atoms with van der Waals surface area (Å²) in [7, 11) is 0.865. The van der Waals surface area contributed by atoms with Crippen molar-refractivity contribution in [3.63, 3.8) is 0 Å². The molecule has 2 rings (SSSR count). The van der Waals surface area contributed by atoms with Gasteiger partial charge in [-0.15, -0.1) is 0 Å². The van der Waals surface area contributed by atoms with Gasteiger partial charge in [-0.05, 0) is 40.4 Å². The Kier molecular flexibility index (Phi) is 4.76. The van der Waals surface area contributed by atoms with Crippen molar-refractivity contribution in [1.29, 1.82) is 0 Å². The molecule has 1 aliphatic rings. The van der Waals surface area contributed by atoms with Gasteiger partial charge in [0.1, 0.15) is 0 Å². The summed E-state index contributed by atoms with van der Waals surface area (Å²) in [4.78, 5) is 2.14. The standard InChI is InChI=1S/C16H26N2O2S/c1-12(2)21(19,20)18-10-15(16(11-18)17(4)5)14-8-6-13(3)7-9-14/h6-9,12,15-16H,10-11H2,1-5H3/t15-,16+/m0/s1. The Balaban J connectivity index is 2.30. The molecule has 0 N–H and O–H groups in total. The maximum absolute atomic E-state index is 12.4. The lowest BCUT2D eigenvalue weighted by Crippen LogP contribution is -2.38. The Labute approximate surface area is 128 Å². The third-order valence-electron chi connectivity index (χ3n) is 4.38. The van der Waals surface area contributed by atoms with E-state index in [1.54, 1.807) is 18.2 Å². The first-order valence-corrected chi connectivity index (χ1v) is 8.95. The van der Waals surface area contributed by atoms with Crippen molar-refractivity contribution in [2.24, 2.45) is 0 Å². The number of nitrogens with zero attached hydrogens (tertiary/aromatic N) is 2. The number of hydrogen-bond donors (Lipinski definition) is 0. The first-order valence-electron chi connectivity index (χ1n) is 7.45. The molecule has 0 unspecified atom stereocenters. The van der Waals surface area contributed by atoms with Gasteiger partial charge in [0.25, 0.3) is 0 Å². The van der Waals surface area contributed by atoms with Gasteiger partial charge < -0.3 is 4.90 Å². The van der Waals surface area contributed by atoms with Crippen LogP contribution in [0.1, 0.15) is 30.9 Å². The van der Waals surface area contributed by atoms with Crippen molar-refractivity contribution in [2.75, 3.05) is 27.2 Å². The van der Waals surface area contributed by atoms with Crippen LogP contribution in [0.25, 0.3) is 0 Å². The van der Waals surface area contributed by atoms with Gasteiger partial charge in [0.15, 0.2) is 0 Å². The Morgan fingerprint density at radius 2 is 1.71 bits per heavy atom. The molecule has 0 saturated carbocycles. The summed E-state index contributed by atoms with van der Waals surface area (Å²) in [6, 6.07) is 8.68. The minimum Gasteiger partial charge on any atom is -0.304 e. The zero-order chi connectivity index (χ0) is 15.8. The summed E-state index contributed by atoms with van der Waals surface area (Å²) in [5.74, 6) is 0.231. The van der Waals surface area contributed by atoms with Gasteiger partial charge in [-0.3, -0.25) is 0 Å². The number of rotatable bonds is 4. The molecule has 2 atom stereocenters. The molecule has 0 aliphatic carbocycles. The van der Waals surface area contributed by atoms with Gasteiger partial charge in [-0.2, -0.15) is 4.31 Å². The zero-order valence-corrected chi connectivity index (χ0v) is 14.4. The third kappa shape index (κ3) is 3.30. The van der Waals surface area contributed by atoms with Crippen LogP contribution in [0.3, 0.4) is 0 Å². The van der Waals surface area contributed by atoms with Crippen molar-refractivity contribution < 1.29 is 8.42 Å². The van der Waals surface area contributed by atoms with E-state index in [1.807, 2.05) is 14.1 Å². The first-order chi connectivity index (χ1) is 9.73. The molecule has 5 heteroatoms. The van der Waals surface area contributed by atoms with E-state index in [2.05, 4.69) is 36.1 Å². The highest BCUT2D eigenvalue weighted by molar-refractivity contribution is 7.89. The number of benzene rings is 1. The molecule has 1 aromatic rings. The molecule has 4 nitrogen and oxygen atoms in total. The molecule has 1 aliphatic heterocycles. The fraction of sp³-hybridized carbons (Fsp3) is 0.625. The van der Waals surface area contributed by atoms with Gasteiger partial charge in [-0.25, -0.2) is 8.42 Å². The molecule has 0 amide bonds. The quantitative estimate of drug-likeness (QED) is 0.855. The Bertz CT molecular complexity index is 579. The molecule has 21 heavy (non-hydrogen) atoms. The van der Waals surface area contributed by atoms with E-state index >= 15 is 0 Å². The van der Waals surface area contributed by atoms with Crippen LogP contribution in [-0.4, -0.2) is 56.1 Å². The molecule has 1 heterocycles. The largest absolute Gasteiger partial charge is 0.304 e. The lowest BCUT2D eigenvalue weighted by molar-refractivity contribution is 0.285. The van der Waals surface area contributed by atoms with Crippen LogP contribution in [0.2, 0.25) is 0 Å². The van der Waals surface area contributed by atoms with E-state index in [4.69, 9.17) is 0 Å². The Morgan fingerprint density at radius 3 is 2.19 bits per heavy atom. The monoisotopic (exact) mass is 310 g/mol. The topological polar surface area (TPSA) is 40.6 Å². The molecule has 1 saturated heterocycles. The Morgan fingerprint density at radius 1 is 1.14 bits per heavy atom. The van der Waals surface area contributed by atoms with E-state index in [0.29, 0.717) is 13.1 Å². The maximum atomic E-state index is 12.4. The molecule has 0 aromatic heterocycles. The molecule has 1 aromatic carbocycles. The van der Waals surface area contributed by atoms with E-state index in [1.165, 1.54) is 11.1 Å². The molecule has 1 fully saturated rings. The van der Waals surface area contributed by atoms with Crippen LogP contribution in [0.15, 0.2) is 24.3 Å². The highest BCUT2D eigenvalue weighted by Crippen LogP contribution is 2.32. The summed E-state index contributed by atoms with van der Waals surface area (Å²) < 4.78 is 26.5. The minimum atomic E-state index is -3.19. The predicted octanol–water partition coefficient (Wildman–Crippen LogP) is 2.06. The average Bonchev–Trinajstić information content (AvgIpc) is 2.85. The van der Waals surface area contributed by atoms with Crippen molar-refractivity contribution in [3.8, 4) is 0 Å². The zero-order valence-electron chi connectivity index (χ0n) is 13.6. The van der Waals surface area contributed by atoms with Crippen LogP contribution in [-0.2, 0) is 10.0 Å². The van der Waals surface area contributed by atoms with Gasteiger partial charge in [0.05, 0.1) is 5.25 Å². The minimum absolute atomic E-state index is 0.223. The highest BCUT2D eigenvalue weighted by Gasteiger charge is 2.41. The second-order valence-electron chi connectivity index (χ2n) is 6.46. The van der Waals surface area contributed by atoms with Crippen LogP contribution in [0.4, 0.5) is 0 Å². The molecule has 0 radical (unpaired) electrons. The second kappa shape index (κ2) is 6.07. The molecule has 0 bridgehead atoms. The SMILES string of the molecule is Cc1ccc([C@@H]2CN(S(=O)(=O)C(C)C)C[C@H]2N(C)C)cc1. The number of likely N-dealkylation sites (N-methyl/N-ethyl adjacent to an activating group) is 1. The highest BCUT2D eigenvalue weighted by atomic mass is 32.2. The fourth-order valence-electron chi connectivity index (χ4n) is 2.92. The normalized spacial score (nSPS) is 24.1. The van der Waals surface area contributed by atoms with E-state index in [9.17, 15) is 8.42 Å². The van der Waals surface area contributed by atoms with Gasteiger partial charge >= 0.3 is 0 Å². The number of aryl methyl sites for hydroxylation is 1. The summed E-state index contributed by atoms with van der Waals surface area (Å²) >= 11 is 0. The first kappa shape index (κ1) is 16.5. The Hall–Kier alpha value is -0.910. The smallest absolute Gasteiger partial charge is 0.216 e. The summed E-state index contributed by atoms with van der Waals surface area (Å²) in [5, 5.41) is -0.364. The molecular weight excluding hydrogens is 284 g/mol. The summed E-state index contributed by atoms with van der Waals surface area (Å²) in [6.07, 6.45) is 0. The fourth-order valence-corrected chi connectivity index (χ4v) is 4.25. The van der Waals surface area contributed by atoms with Gasteiger partial charge in [0.2, 0.25) is 10.0 Å². The van der Waals surface area contributed by atoms with Crippen molar-refractivity contribution in [2.45, 2.75) is 38.0 Å². The van der Waals surface area contributed by atoms with Crippen LogP contribution in [0, 0.1) is 6.92 Å². The lowest BCUT2D eigenvalue weighted by Gasteiger charge is -2.25. The van der Waals surface area contributed by atoms with Crippen LogP contribution >= 0.6 is 0 Å². The summed E-state index contributed by atoms with van der Waals surface area (Å²) in [5.41, 5.74) is 2.45. The van der Waals surface area contributed by atoms with Crippen LogP contribution < -0.4 is 0 Å². The van der Waals surface area contributed by atoms with E-state index in [-0.39, 0.29) is 17.2 Å². The molecular formula is C16H26N2O2S. The van der Waals surface area contributed by atoms with Gasteiger partial charge in [0, 0.05) is 25.0 Å². The number of hydrogen-bond acceptors (Lipinski definition) is 3. The van der Waals surface area contributed by atoms with E-state index < -0.39 is 10.0 Å². The average molecular weight is 310 g/mol. The van der Waals surface area contributed by atoms with Crippen molar-refractivity contribution in [3.05, 3.63) is 35.4 Å². The molecule has 118 valence electrons. The number of sulfonamides is 1. The van der Waals surface area contributed by atoms with Gasteiger partial charge in [-0.1, -0.05) is 29.8 Å².